The average Bonchev–Trinajstić information content (AvgIpc) is 2.08. The van der Waals surface area contributed by atoms with Gasteiger partial charge in [-0.3, -0.25) is 0 Å². The fourth-order valence-electron chi connectivity index (χ4n) is 1.06. The molecule has 0 bridgehead atoms. The lowest BCUT2D eigenvalue weighted by Gasteiger charge is -2.36. The number of hydrogen-bond acceptors (Lipinski definition) is 5. The van der Waals surface area contributed by atoms with Gasteiger partial charge in [0, 0.05) is 0 Å². The highest BCUT2D eigenvalue weighted by Crippen LogP contribution is 2.21. The smallest absolute Gasteiger partial charge is 0.184 e. The Balaban J connectivity index is 2.63. The first kappa shape index (κ1) is 9.82. The zero-order chi connectivity index (χ0) is 9.30. The van der Waals surface area contributed by atoms with Crippen molar-refractivity contribution in [3.63, 3.8) is 0 Å². The Hall–Kier alpha value is -0.270. The van der Waals surface area contributed by atoms with Gasteiger partial charge in [-0.15, -0.1) is 0 Å². The molecule has 0 amide bonds. The van der Waals surface area contributed by atoms with Crippen molar-refractivity contribution in [2.45, 2.75) is 30.8 Å². The van der Waals surface area contributed by atoms with E-state index >= 15 is 0 Å². The van der Waals surface area contributed by atoms with Crippen LogP contribution >= 0.6 is 0 Å². The van der Waals surface area contributed by atoms with Gasteiger partial charge in [-0.2, -0.15) is 0 Å². The number of halogens is 1. The van der Waals surface area contributed by atoms with E-state index in [1.165, 1.54) is 0 Å². The zero-order valence-corrected chi connectivity index (χ0v) is 6.17. The van der Waals surface area contributed by atoms with Crippen molar-refractivity contribution in [2.75, 3.05) is 6.61 Å². The number of rotatable bonds is 1. The molecular weight excluding hydrogens is 171 g/mol. The minimum absolute atomic E-state index is 0.606. The molecule has 6 heteroatoms. The quantitative estimate of drug-likeness (QED) is 0.368. The van der Waals surface area contributed by atoms with E-state index in [0.717, 1.165) is 0 Å². The van der Waals surface area contributed by atoms with Crippen molar-refractivity contribution in [2.24, 2.45) is 0 Å². The third-order valence-electron chi connectivity index (χ3n) is 1.82. The molecule has 5 atom stereocenters. The summed E-state index contributed by atoms with van der Waals surface area (Å²) in [4.78, 5) is 0. The molecule has 1 aliphatic rings. The van der Waals surface area contributed by atoms with Crippen LogP contribution in [-0.2, 0) is 4.74 Å². The van der Waals surface area contributed by atoms with Crippen LogP contribution in [0, 0.1) is 0 Å². The first-order chi connectivity index (χ1) is 5.57. The Morgan fingerprint density at radius 2 is 1.75 bits per heavy atom. The van der Waals surface area contributed by atoms with E-state index in [-0.39, 0.29) is 0 Å². The molecule has 0 radical (unpaired) electrons. The molecule has 0 aromatic rings. The predicted molar refractivity (Wildman–Crippen MR) is 34.9 cm³/mol. The summed E-state index contributed by atoms with van der Waals surface area (Å²) in [5, 5.41) is 35.2. The maximum Gasteiger partial charge on any atom is 0.184 e. The van der Waals surface area contributed by atoms with E-state index in [0.29, 0.717) is 0 Å². The number of ether oxygens (including phenoxy) is 1. The number of hydrogen-bond donors (Lipinski definition) is 4. The van der Waals surface area contributed by atoms with Crippen molar-refractivity contribution in [1.82, 2.24) is 0 Å². The van der Waals surface area contributed by atoms with E-state index in [2.05, 4.69) is 4.74 Å². The van der Waals surface area contributed by atoms with Crippen molar-refractivity contribution in [3.05, 3.63) is 0 Å². The lowest BCUT2D eigenvalue weighted by molar-refractivity contribution is -0.274. The molecule has 0 aromatic heterocycles. The topological polar surface area (TPSA) is 90.2 Å². The van der Waals surface area contributed by atoms with Gasteiger partial charge >= 0.3 is 0 Å². The Kier molecular flexibility index (Phi) is 2.97. The summed E-state index contributed by atoms with van der Waals surface area (Å²) in [5.74, 6) is 0. The first-order valence-electron chi connectivity index (χ1n) is 3.52. The van der Waals surface area contributed by atoms with Gasteiger partial charge in [0.1, 0.15) is 18.3 Å². The molecule has 0 aliphatic carbocycles. The Morgan fingerprint density at radius 1 is 1.17 bits per heavy atom. The maximum absolute atomic E-state index is 12.8. The van der Waals surface area contributed by atoms with Crippen molar-refractivity contribution in [1.29, 1.82) is 0 Å². The fraction of sp³-hybridized carbons (Fsp3) is 1.00. The van der Waals surface area contributed by atoms with Crippen LogP contribution in [0.25, 0.3) is 0 Å². The standard InChI is InChI=1S/C6H11FO5/c7-3-4(9)2(1-8)12-6(11)5(3)10/h2-6,8-11H,1H2/t2-,3+,4-,5-,6?/m0/s1. The molecule has 5 nitrogen and oxygen atoms in total. The monoisotopic (exact) mass is 182 g/mol. The SMILES string of the molecule is OC[C@@H]1OC(O)[C@@H](O)[C@H](F)[C@H]1O. The van der Waals surface area contributed by atoms with Crippen LogP contribution in [0.5, 0.6) is 0 Å². The summed E-state index contributed by atoms with van der Waals surface area (Å²) in [7, 11) is 0. The van der Waals surface area contributed by atoms with Gasteiger partial charge in [0.15, 0.2) is 12.5 Å². The normalized spacial score (nSPS) is 49.2. The first-order valence-corrected chi connectivity index (χ1v) is 3.52. The predicted octanol–water partition coefficient (Wildman–Crippen LogP) is -2.24. The third-order valence-corrected chi connectivity index (χ3v) is 1.82. The fourth-order valence-corrected chi connectivity index (χ4v) is 1.06. The molecule has 4 N–H and O–H groups in total. The summed E-state index contributed by atoms with van der Waals surface area (Å²) < 4.78 is 17.3. The van der Waals surface area contributed by atoms with Crippen LogP contribution in [0.2, 0.25) is 0 Å². The summed E-state index contributed by atoms with van der Waals surface area (Å²) in [5.41, 5.74) is 0. The largest absolute Gasteiger partial charge is 0.394 e. The van der Waals surface area contributed by atoms with E-state index in [1.54, 1.807) is 0 Å². The lowest BCUT2D eigenvalue weighted by Crippen LogP contribution is -2.56. The molecule has 0 aromatic carbocycles. The maximum atomic E-state index is 12.8. The number of alkyl halides is 1. The highest BCUT2D eigenvalue weighted by Gasteiger charge is 2.43. The highest BCUT2D eigenvalue weighted by molar-refractivity contribution is 4.88. The van der Waals surface area contributed by atoms with Crippen molar-refractivity contribution in [3.8, 4) is 0 Å². The van der Waals surface area contributed by atoms with Gasteiger partial charge in [-0.25, -0.2) is 4.39 Å². The molecule has 12 heavy (non-hydrogen) atoms. The summed E-state index contributed by atoms with van der Waals surface area (Å²) in [6, 6.07) is 0. The summed E-state index contributed by atoms with van der Waals surface area (Å²) >= 11 is 0. The third kappa shape index (κ3) is 1.57. The van der Waals surface area contributed by atoms with Gasteiger partial charge in [0.05, 0.1) is 6.61 Å². The van der Waals surface area contributed by atoms with Crippen LogP contribution in [0.1, 0.15) is 0 Å². The molecule has 0 saturated carbocycles. The number of aliphatic hydroxyl groups excluding tert-OH is 4. The van der Waals surface area contributed by atoms with E-state index < -0.39 is 37.4 Å². The Labute approximate surface area is 68.0 Å². The number of aliphatic hydroxyl groups is 4. The molecule has 1 fully saturated rings. The molecule has 1 unspecified atom stereocenters. The van der Waals surface area contributed by atoms with Crippen LogP contribution in [0.3, 0.4) is 0 Å². The second-order valence-electron chi connectivity index (χ2n) is 2.67. The second-order valence-corrected chi connectivity index (χ2v) is 2.67. The summed E-state index contributed by atoms with van der Waals surface area (Å²) in [6.07, 6.45) is -8.24. The van der Waals surface area contributed by atoms with Gasteiger partial charge < -0.3 is 25.2 Å². The zero-order valence-electron chi connectivity index (χ0n) is 6.17. The minimum Gasteiger partial charge on any atom is -0.394 e. The highest BCUT2D eigenvalue weighted by atomic mass is 19.1. The second kappa shape index (κ2) is 3.63. The molecular formula is C6H11FO5. The van der Waals surface area contributed by atoms with Crippen molar-refractivity contribution >= 4 is 0 Å². The average molecular weight is 182 g/mol. The van der Waals surface area contributed by atoms with Gasteiger partial charge in [-0.05, 0) is 0 Å². The van der Waals surface area contributed by atoms with E-state index in [1.807, 2.05) is 0 Å². The molecule has 1 saturated heterocycles. The molecule has 0 spiro atoms. The van der Waals surface area contributed by atoms with Gasteiger partial charge in [0.25, 0.3) is 0 Å². The van der Waals surface area contributed by atoms with Crippen LogP contribution < -0.4 is 0 Å². The van der Waals surface area contributed by atoms with Crippen molar-refractivity contribution < 1.29 is 29.6 Å². The Morgan fingerprint density at radius 3 is 2.25 bits per heavy atom. The summed E-state index contributed by atoms with van der Waals surface area (Å²) in [6.45, 7) is -0.606. The van der Waals surface area contributed by atoms with Crippen LogP contribution in [0.4, 0.5) is 4.39 Å². The van der Waals surface area contributed by atoms with Crippen LogP contribution in [-0.4, -0.2) is 57.8 Å². The van der Waals surface area contributed by atoms with Crippen LogP contribution in [0.15, 0.2) is 0 Å². The van der Waals surface area contributed by atoms with Gasteiger partial charge in [0.2, 0.25) is 0 Å². The van der Waals surface area contributed by atoms with Gasteiger partial charge in [-0.1, -0.05) is 0 Å². The molecule has 1 rings (SSSR count). The van der Waals surface area contributed by atoms with E-state index in [4.69, 9.17) is 20.4 Å². The minimum atomic E-state index is -1.99. The van der Waals surface area contributed by atoms with E-state index in [9.17, 15) is 4.39 Å². The Bertz CT molecular complexity index is 150. The molecule has 72 valence electrons. The molecule has 1 heterocycles. The lowest BCUT2D eigenvalue weighted by atomic mass is 10.0. The molecule has 1 aliphatic heterocycles.